The molecule has 2 aliphatic rings. The highest BCUT2D eigenvalue weighted by atomic mass is 79.9. The molecule has 92 valence electrons. The molecule has 0 bridgehead atoms. The van der Waals surface area contributed by atoms with Crippen molar-refractivity contribution in [3.63, 3.8) is 0 Å². The van der Waals surface area contributed by atoms with Crippen LogP contribution in [0, 0.1) is 0 Å². The smallest absolute Gasteiger partial charge is 0.184 e. The molecule has 3 rings (SSSR count). The average Bonchev–Trinajstić information content (AvgIpc) is 2.21. The molecular weight excluding hydrogens is 302 g/mol. The number of sulfone groups is 1. The van der Waals surface area contributed by atoms with Crippen molar-refractivity contribution in [1.82, 2.24) is 0 Å². The Hall–Kier alpha value is -0.390. The molecule has 1 aromatic rings. The number of halogens is 1. The van der Waals surface area contributed by atoms with Crippen LogP contribution in [0.15, 0.2) is 27.6 Å². The third-order valence-electron chi connectivity index (χ3n) is 4.09. The van der Waals surface area contributed by atoms with Crippen LogP contribution in [0.3, 0.4) is 0 Å². The fourth-order valence-corrected chi connectivity index (χ4v) is 5.96. The molecule has 17 heavy (non-hydrogen) atoms. The van der Waals surface area contributed by atoms with E-state index in [9.17, 15) is 8.42 Å². The van der Waals surface area contributed by atoms with Crippen molar-refractivity contribution in [2.24, 2.45) is 5.73 Å². The number of fused-ring (bicyclic) bond motifs is 1. The molecule has 0 unspecified atom stereocenters. The van der Waals surface area contributed by atoms with Crippen LogP contribution in [0.5, 0.6) is 0 Å². The van der Waals surface area contributed by atoms with E-state index >= 15 is 0 Å². The highest BCUT2D eigenvalue weighted by Gasteiger charge is 2.53. The molecule has 0 aromatic heterocycles. The maximum absolute atomic E-state index is 12.6. The zero-order valence-electron chi connectivity index (χ0n) is 9.32. The predicted molar refractivity (Wildman–Crippen MR) is 69.5 cm³/mol. The van der Waals surface area contributed by atoms with Gasteiger partial charge in [-0.15, -0.1) is 0 Å². The number of nitrogens with two attached hydrogens (primary N) is 1. The second kappa shape index (κ2) is 3.56. The minimum atomic E-state index is -3.21. The van der Waals surface area contributed by atoms with Crippen molar-refractivity contribution in [1.29, 1.82) is 0 Å². The minimum Gasteiger partial charge on any atom is -0.324 e. The van der Waals surface area contributed by atoms with Gasteiger partial charge in [0.1, 0.15) is 0 Å². The quantitative estimate of drug-likeness (QED) is 0.800. The van der Waals surface area contributed by atoms with Crippen LogP contribution in [-0.2, 0) is 9.84 Å². The third kappa shape index (κ3) is 1.45. The van der Waals surface area contributed by atoms with Crippen LogP contribution in [0.25, 0.3) is 0 Å². The fourth-order valence-electron chi connectivity index (χ4n) is 2.94. The predicted octanol–water partition coefficient (Wildman–Crippen LogP) is 2.55. The molecule has 1 fully saturated rings. The van der Waals surface area contributed by atoms with E-state index in [0.29, 0.717) is 11.3 Å². The van der Waals surface area contributed by atoms with Crippen molar-refractivity contribution in [3.05, 3.63) is 28.2 Å². The zero-order chi connectivity index (χ0) is 12.3. The Morgan fingerprint density at radius 3 is 2.65 bits per heavy atom. The minimum absolute atomic E-state index is 0.151. The molecule has 1 aliphatic carbocycles. The maximum Gasteiger partial charge on any atom is 0.184 e. The van der Waals surface area contributed by atoms with Gasteiger partial charge in [0.05, 0.1) is 9.64 Å². The highest BCUT2D eigenvalue weighted by molar-refractivity contribution is 9.10. The van der Waals surface area contributed by atoms with Gasteiger partial charge >= 0.3 is 0 Å². The first-order valence-corrected chi connectivity index (χ1v) is 8.04. The SMILES string of the molecule is N[C@H]1CC2(CCC2)S(=O)(=O)c2cc(Br)ccc21. The van der Waals surface area contributed by atoms with Gasteiger partial charge in [-0.05, 0) is 37.0 Å². The molecule has 1 aliphatic heterocycles. The van der Waals surface area contributed by atoms with E-state index in [1.807, 2.05) is 12.1 Å². The van der Waals surface area contributed by atoms with Crippen molar-refractivity contribution < 1.29 is 8.42 Å². The van der Waals surface area contributed by atoms with E-state index in [1.54, 1.807) is 6.07 Å². The summed E-state index contributed by atoms with van der Waals surface area (Å²) < 4.78 is 25.5. The highest BCUT2D eigenvalue weighted by Crippen LogP contribution is 2.52. The van der Waals surface area contributed by atoms with E-state index in [0.717, 1.165) is 29.3 Å². The normalized spacial score (nSPS) is 28.5. The molecule has 5 heteroatoms. The van der Waals surface area contributed by atoms with E-state index in [4.69, 9.17) is 5.73 Å². The van der Waals surface area contributed by atoms with Gasteiger partial charge < -0.3 is 5.73 Å². The van der Waals surface area contributed by atoms with Crippen LogP contribution in [0.4, 0.5) is 0 Å². The first-order valence-electron chi connectivity index (χ1n) is 5.76. The summed E-state index contributed by atoms with van der Waals surface area (Å²) in [6, 6.07) is 5.23. The Balaban J connectivity index is 2.26. The Morgan fingerprint density at radius 1 is 1.35 bits per heavy atom. The topological polar surface area (TPSA) is 60.2 Å². The largest absolute Gasteiger partial charge is 0.324 e. The molecule has 1 aromatic carbocycles. The molecule has 1 heterocycles. The molecule has 1 spiro atoms. The van der Waals surface area contributed by atoms with E-state index in [2.05, 4.69) is 15.9 Å². The monoisotopic (exact) mass is 315 g/mol. The van der Waals surface area contributed by atoms with Gasteiger partial charge in [0.25, 0.3) is 0 Å². The fraction of sp³-hybridized carbons (Fsp3) is 0.500. The van der Waals surface area contributed by atoms with E-state index in [1.165, 1.54) is 0 Å². The van der Waals surface area contributed by atoms with Crippen LogP contribution < -0.4 is 5.73 Å². The lowest BCUT2D eigenvalue weighted by Gasteiger charge is -2.46. The molecule has 2 N–H and O–H groups in total. The molecule has 1 saturated carbocycles. The molecular formula is C12H14BrNO2S. The van der Waals surface area contributed by atoms with Crippen LogP contribution in [0.2, 0.25) is 0 Å². The summed E-state index contributed by atoms with van der Waals surface area (Å²) in [5, 5.41) is 0. The van der Waals surface area contributed by atoms with Gasteiger partial charge in [0.15, 0.2) is 9.84 Å². The number of benzene rings is 1. The Labute approximate surface area is 109 Å². The van der Waals surface area contributed by atoms with Crippen molar-refractivity contribution in [3.8, 4) is 0 Å². The van der Waals surface area contributed by atoms with Gasteiger partial charge in [-0.2, -0.15) is 0 Å². The van der Waals surface area contributed by atoms with Gasteiger partial charge in [0, 0.05) is 10.5 Å². The van der Waals surface area contributed by atoms with Crippen LogP contribution in [0.1, 0.15) is 37.3 Å². The van der Waals surface area contributed by atoms with Crippen LogP contribution >= 0.6 is 15.9 Å². The lowest BCUT2D eigenvalue weighted by molar-refractivity contribution is 0.290. The molecule has 0 saturated heterocycles. The second-order valence-electron chi connectivity index (χ2n) is 5.03. The number of hydrogen-bond acceptors (Lipinski definition) is 3. The van der Waals surface area contributed by atoms with Gasteiger partial charge in [-0.1, -0.05) is 28.4 Å². The standard InChI is InChI=1S/C12H14BrNO2S/c13-8-2-3-9-10(14)7-12(4-1-5-12)17(15,16)11(9)6-8/h2-3,6,10H,1,4-5,7,14H2/t10-/m0/s1. The number of hydrogen-bond donors (Lipinski definition) is 1. The molecule has 0 radical (unpaired) electrons. The first kappa shape index (κ1) is 11.7. The summed E-state index contributed by atoms with van der Waals surface area (Å²) in [6.45, 7) is 0. The third-order valence-corrected chi connectivity index (χ3v) is 7.23. The van der Waals surface area contributed by atoms with Crippen molar-refractivity contribution in [2.75, 3.05) is 0 Å². The molecule has 3 nitrogen and oxygen atoms in total. The van der Waals surface area contributed by atoms with Gasteiger partial charge in [-0.25, -0.2) is 8.42 Å². The zero-order valence-corrected chi connectivity index (χ0v) is 11.7. The summed E-state index contributed by atoms with van der Waals surface area (Å²) in [5.41, 5.74) is 6.89. The maximum atomic E-state index is 12.6. The lowest BCUT2D eigenvalue weighted by Crippen LogP contribution is -2.50. The molecule has 1 atom stereocenters. The van der Waals surface area contributed by atoms with Crippen LogP contribution in [-0.4, -0.2) is 13.2 Å². The Bertz CT molecular complexity index is 578. The van der Waals surface area contributed by atoms with E-state index < -0.39 is 14.6 Å². The first-order chi connectivity index (χ1) is 7.96. The molecule has 0 amide bonds. The lowest BCUT2D eigenvalue weighted by atomic mass is 9.78. The summed E-state index contributed by atoms with van der Waals surface area (Å²) in [5.74, 6) is 0. The van der Waals surface area contributed by atoms with Crippen molar-refractivity contribution in [2.45, 2.75) is 41.4 Å². The Kier molecular flexibility index (Phi) is 2.44. The number of rotatable bonds is 0. The summed E-state index contributed by atoms with van der Waals surface area (Å²) in [6.07, 6.45) is 3.09. The van der Waals surface area contributed by atoms with Gasteiger partial charge in [-0.3, -0.25) is 0 Å². The van der Waals surface area contributed by atoms with Crippen molar-refractivity contribution >= 4 is 25.8 Å². The second-order valence-corrected chi connectivity index (χ2v) is 8.26. The summed E-state index contributed by atoms with van der Waals surface area (Å²) in [4.78, 5) is 0.435. The van der Waals surface area contributed by atoms with Gasteiger partial charge in [0.2, 0.25) is 0 Å². The average molecular weight is 316 g/mol. The Morgan fingerprint density at radius 2 is 2.06 bits per heavy atom. The summed E-state index contributed by atoms with van der Waals surface area (Å²) >= 11 is 3.33. The van der Waals surface area contributed by atoms with E-state index in [-0.39, 0.29) is 6.04 Å². The summed E-state index contributed by atoms with van der Waals surface area (Å²) in [7, 11) is -3.21.